The Morgan fingerprint density at radius 2 is 2.00 bits per heavy atom. The van der Waals surface area contributed by atoms with Crippen molar-refractivity contribution >= 4 is 5.95 Å². The first kappa shape index (κ1) is 11.0. The molecule has 0 amide bonds. The molecule has 17 heavy (non-hydrogen) atoms. The molecule has 0 bridgehead atoms. The van der Waals surface area contributed by atoms with Gasteiger partial charge in [-0.3, -0.25) is 0 Å². The monoisotopic (exact) mass is 232 g/mol. The average Bonchev–Trinajstić information content (AvgIpc) is 2.94. The molecule has 0 saturated carbocycles. The molecule has 3 rings (SSSR count). The minimum absolute atomic E-state index is 0.591. The van der Waals surface area contributed by atoms with E-state index in [1.807, 2.05) is 18.5 Å². The van der Waals surface area contributed by atoms with E-state index in [1.165, 1.54) is 38.6 Å². The summed E-state index contributed by atoms with van der Waals surface area (Å²) in [5.41, 5.74) is 0. The second-order valence-electron chi connectivity index (χ2n) is 5.01. The average molecular weight is 232 g/mol. The molecule has 3 heterocycles. The first-order valence-corrected chi connectivity index (χ1v) is 6.72. The summed E-state index contributed by atoms with van der Waals surface area (Å²) in [6.45, 7) is 2.28. The summed E-state index contributed by atoms with van der Waals surface area (Å²) in [6, 6.07) is 3.11. The van der Waals surface area contributed by atoms with Crippen molar-refractivity contribution in [1.29, 1.82) is 0 Å². The van der Waals surface area contributed by atoms with E-state index in [1.54, 1.807) is 0 Å². The van der Waals surface area contributed by atoms with E-state index in [2.05, 4.69) is 20.2 Å². The van der Waals surface area contributed by atoms with Gasteiger partial charge in [-0.1, -0.05) is 0 Å². The van der Waals surface area contributed by atoms with Gasteiger partial charge < -0.3 is 10.2 Å². The van der Waals surface area contributed by atoms with Crippen LogP contribution in [0.5, 0.6) is 0 Å². The van der Waals surface area contributed by atoms with E-state index in [0.29, 0.717) is 12.1 Å². The molecule has 4 nitrogen and oxygen atoms in total. The van der Waals surface area contributed by atoms with Crippen molar-refractivity contribution in [2.24, 2.45) is 0 Å². The number of aromatic nitrogens is 2. The van der Waals surface area contributed by atoms with Crippen LogP contribution in [0.2, 0.25) is 0 Å². The molecular weight excluding hydrogens is 212 g/mol. The maximum Gasteiger partial charge on any atom is 0.225 e. The maximum atomic E-state index is 4.41. The fraction of sp³-hybridized carbons (Fsp3) is 0.692. The molecule has 92 valence electrons. The lowest BCUT2D eigenvalue weighted by Crippen LogP contribution is -2.51. The first-order valence-electron chi connectivity index (χ1n) is 6.72. The lowest BCUT2D eigenvalue weighted by molar-refractivity contribution is 0.373. The van der Waals surface area contributed by atoms with Gasteiger partial charge in [0.15, 0.2) is 0 Å². The summed E-state index contributed by atoms with van der Waals surface area (Å²) in [5.74, 6) is 0.908. The predicted octanol–water partition coefficient (Wildman–Crippen LogP) is 1.59. The quantitative estimate of drug-likeness (QED) is 0.840. The Kier molecular flexibility index (Phi) is 3.22. The van der Waals surface area contributed by atoms with Gasteiger partial charge in [-0.15, -0.1) is 0 Å². The maximum absolute atomic E-state index is 4.41. The van der Waals surface area contributed by atoms with E-state index in [-0.39, 0.29) is 0 Å². The number of nitrogens with one attached hydrogen (secondary N) is 1. The van der Waals surface area contributed by atoms with Crippen LogP contribution in [0.1, 0.15) is 32.1 Å². The highest BCUT2D eigenvalue weighted by molar-refractivity contribution is 5.32. The zero-order valence-corrected chi connectivity index (χ0v) is 10.2. The van der Waals surface area contributed by atoms with Gasteiger partial charge in [-0.25, -0.2) is 9.97 Å². The Balaban J connectivity index is 1.80. The Hall–Kier alpha value is -1.16. The minimum Gasteiger partial charge on any atom is -0.336 e. The number of piperidine rings is 1. The van der Waals surface area contributed by atoms with Gasteiger partial charge in [-0.05, 0) is 44.7 Å². The summed E-state index contributed by atoms with van der Waals surface area (Å²) < 4.78 is 0. The molecular formula is C13H20N4. The highest BCUT2D eigenvalue weighted by atomic mass is 15.3. The number of rotatable bonds is 2. The third-order valence-corrected chi connectivity index (χ3v) is 3.92. The Morgan fingerprint density at radius 1 is 1.12 bits per heavy atom. The highest BCUT2D eigenvalue weighted by Crippen LogP contribution is 2.26. The van der Waals surface area contributed by atoms with Crippen LogP contribution in [-0.4, -0.2) is 35.1 Å². The summed E-state index contributed by atoms with van der Waals surface area (Å²) in [7, 11) is 0. The van der Waals surface area contributed by atoms with Crippen LogP contribution in [0.15, 0.2) is 18.5 Å². The van der Waals surface area contributed by atoms with E-state index >= 15 is 0 Å². The van der Waals surface area contributed by atoms with E-state index in [9.17, 15) is 0 Å². The number of hydrogen-bond acceptors (Lipinski definition) is 4. The third-order valence-electron chi connectivity index (χ3n) is 3.92. The van der Waals surface area contributed by atoms with Crippen LogP contribution in [0, 0.1) is 0 Å². The Labute approximate surface area is 102 Å². The number of nitrogens with zero attached hydrogens (tertiary/aromatic N) is 3. The molecule has 0 spiro atoms. The molecule has 2 unspecified atom stereocenters. The van der Waals surface area contributed by atoms with Crippen molar-refractivity contribution in [2.75, 3.05) is 18.0 Å². The predicted molar refractivity (Wildman–Crippen MR) is 68.0 cm³/mol. The van der Waals surface area contributed by atoms with Crippen LogP contribution >= 0.6 is 0 Å². The van der Waals surface area contributed by atoms with Crippen molar-refractivity contribution in [3.8, 4) is 0 Å². The van der Waals surface area contributed by atoms with Crippen molar-refractivity contribution in [3.05, 3.63) is 18.5 Å². The number of hydrogen-bond donors (Lipinski definition) is 1. The van der Waals surface area contributed by atoms with Crippen LogP contribution in [-0.2, 0) is 0 Å². The van der Waals surface area contributed by atoms with Gasteiger partial charge in [0.05, 0.1) is 0 Å². The van der Waals surface area contributed by atoms with Crippen LogP contribution in [0.3, 0.4) is 0 Å². The van der Waals surface area contributed by atoms with Crippen LogP contribution in [0.4, 0.5) is 5.95 Å². The third kappa shape index (κ3) is 2.27. The van der Waals surface area contributed by atoms with E-state index < -0.39 is 0 Å². The number of anilines is 1. The topological polar surface area (TPSA) is 41.1 Å². The largest absolute Gasteiger partial charge is 0.336 e. The molecule has 2 saturated heterocycles. The smallest absolute Gasteiger partial charge is 0.225 e. The van der Waals surface area contributed by atoms with Crippen molar-refractivity contribution in [2.45, 2.75) is 44.2 Å². The van der Waals surface area contributed by atoms with Gasteiger partial charge in [0.2, 0.25) is 5.95 Å². The summed E-state index contributed by atoms with van der Waals surface area (Å²) in [4.78, 5) is 11.2. The van der Waals surface area contributed by atoms with Gasteiger partial charge in [0.25, 0.3) is 0 Å². The normalized spacial score (nSPS) is 29.5. The highest BCUT2D eigenvalue weighted by Gasteiger charge is 2.32. The molecule has 2 aliphatic heterocycles. The van der Waals surface area contributed by atoms with Crippen LogP contribution in [0.25, 0.3) is 0 Å². The minimum atomic E-state index is 0.591. The van der Waals surface area contributed by atoms with E-state index in [4.69, 9.17) is 0 Å². The summed E-state index contributed by atoms with van der Waals surface area (Å²) in [6.07, 6.45) is 10.2. The lowest BCUT2D eigenvalue weighted by atomic mass is 9.95. The second-order valence-corrected chi connectivity index (χ2v) is 5.01. The molecule has 1 aromatic heterocycles. The zero-order valence-electron chi connectivity index (χ0n) is 10.2. The lowest BCUT2D eigenvalue weighted by Gasteiger charge is -2.39. The molecule has 1 N–H and O–H groups in total. The summed E-state index contributed by atoms with van der Waals surface area (Å²) in [5, 5.41) is 3.63. The molecule has 1 aromatic rings. The molecule has 2 aliphatic rings. The van der Waals surface area contributed by atoms with Crippen molar-refractivity contribution in [1.82, 2.24) is 15.3 Å². The van der Waals surface area contributed by atoms with Gasteiger partial charge in [0.1, 0.15) is 0 Å². The Bertz CT molecular complexity index is 348. The van der Waals surface area contributed by atoms with Gasteiger partial charge >= 0.3 is 0 Å². The van der Waals surface area contributed by atoms with Crippen molar-refractivity contribution < 1.29 is 0 Å². The molecule has 4 heteroatoms. The van der Waals surface area contributed by atoms with E-state index in [0.717, 1.165) is 12.5 Å². The SMILES string of the molecule is c1cnc(N2CCCCC2C2CCCN2)nc1. The molecule has 2 fully saturated rings. The zero-order chi connectivity index (χ0) is 11.5. The van der Waals surface area contributed by atoms with Crippen molar-refractivity contribution in [3.63, 3.8) is 0 Å². The second kappa shape index (κ2) is 5.00. The fourth-order valence-electron chi connectivity index (χ4n) is 3.10. The fourth-order valence-corrected chi connectivity index (χ4v) is 3.10. The van der Waals surface area contributed by atoms with Gasteiger partial charge in [-0.2, -0.15) is 0 Å². The van der Waals surface area contributed by atoms with Crippen LogP contribution < -0.4 is 10.2 Å². The first-order chi connectivity index (χ1) is 8.45. The Morgan fingerprint density at radius 3 is 2.76 bits per heavy atom. The van der Waals surface area contributed by atoms with Gasteiger partial charge in [0, 0.05) is 31.0 Å². The standard InChI is InChI=1S/C13H20N4/c1-2-10-17(13-15-8-4-9-16-13)12(6-1)11-5-3-7-14-11/h4,8-9,11-12,14H,1-3,5-7,10H2. The summed E-state index contributed by atoms with van der Waals surface area (Å²) >= 11 is 0. The molecule has 0 aromatic carbocycles. The molecule has 0 aliphatic carbocycles. The molecule has 2 atom stereocenters. The molecule has 0 radical (unpaired) electrons.